The van der Waals surface area contributed by atoms with Crippen LogP contribution in [0.3, 0.4) is 0 Å². The average Bonchev–Trinajstić information content (AvgIpc) is 2.44. The van der Waals surface area contributed by atoms with Crippen molar-refractivity contribution in [1.29, 1.82) is 0 Å². The molecule has 0 saturated heterocycles. The summed E-state index contributed by atoms with van der Waals surface area (Å²) in [6.45, 7) is 2.24. The van der Waals surface area contributed by atoms with Gasteiger partial charge in [-0.3, -0.25) is 0 Å². The molecule has 1 aliphatic rings. The third-order valence-electron chi connectivity index (χ3n) is 2.66. The molecule has 0 radical (unpaired) electrons. The maximum Gasteiger partial charge on any atom is 0.102 e. The number of halogens is 1. The molecular weight excluding hydrogens is 228 g/mol. The zero-order chi connectivity index (χ0) is 9.26. The lowest BCUT2D eigenvalue weighted by Crippen LogP contribution is -2.06. The minimum atomic E-state index is 0.288. The van der Waals surface area contributed by atoms with E-state index in [1.165, 1.54) is 11.1 Å². The van der Waals surface area contributed by atoms with Crippen molar-refractivity contribution < 1.29 is 4.74 Å². The first-order valence-electron chi connectivity index (χ1n) is 4.58. The second kappa shape index (κ2) is 3.81. The molecule has 2 unspecified atom stereocenters. The minimum absolute atomic E-state index is 0.288. The Balaban J connectivity index is 2.29. The monoisotopic (exact) mass is 240 g/mol. The van der Waals surface area contributed by atoms with Gasteiger partial charge >= 0.3 is 0 Å². The summed E-state index contributed by atoms with van der Waals surface area (Å²) in [7, 11) is 0. The summed E-state index contributed by atoms with van der Waals surface area (Å²) in [6, 6.07) is 8.55. The molecule has 0 aliphatic heterocycles. The highest BCUT2D eigenvalue weighted by Crippen LogP contribution is 2.38. The number of alkyl halides is 1. The number of rotatable bonds is 2. The fraction of sp³-hybridized carbons (Fsp3) is 0.455. The van der Waals surface area contributed by atoms with Crippen LogP contribution in [-0.4, -0.2) is 5.52 Å². The van der Waals surface area contributed by atoms with Crippen LogP contribution in [0.1, 0.15) is 24.2 Å². The molecule has 0 N–H and O–H groups in total. The molecule has 1 aromatic carbocycles. The molecule has 0 spiro atoms. The lowest BCUT2D eigenvalue weighted by molar-refractivity contribution is 0.0606. The first-order chi connectivity index (χ1) is 6.33. The Morgan fingerprint density at radius 1 is 1.46 bits per heavy atom. The molecule has 1 aliphatic carbocycles. The van der Waals surface area contributed by atoms with E-state index in [-0.39, 0.29) is 6.10 Å². The van der Waals surface area contributed by atoms with E-state index in [2.05, 4.69) is 47.1 Å². The predicted molar refractivity (Wildman–Crippen MR) is 56.9 cm³/mol. The second-order valence-electron chi connectivity index (χ2n) is 3.58. The highest BCUT2D eigenvalue weighted by Gasteiger charge is 2.29. The van der Waals surface area contributed by atoms with Crippen molar-refractivity contribution in [2.24, 2.45) is 5.92 Å². The molecule has 1 nitrogen and oxygen atoms in total. The average molecular weight is 241 g/mol. The molecule has 70 valence electrons. The Kier molecular flexibility index (Phi) is 2.70. The van der Waals surface area contributed by atoms with Crippen LogP contribution in [0, 0.1) is 5.92 Å². The molecule has 13 heavy (non-hydrogen) atoms. The Bertz CT molecular complexity index is 298. The van der Waals surface area contributed by atoms with Crippen molar-refractivity contribution in [2.75, 3.05) is 5.52 Å². The van der Waals surface area contributed by atoms with Crippen LogP contribution in [0.4, 0.5) is 0 Å². The van der Waals surface area contributed by atoms with Gasteiger partial charge in [0, 0.05) is 0 Å². The third kappa shape index (κ3) is 1.65. The predicted octanol–water partition coefficient (Wildman–Crippen LogP) is 3.29. The van der Waals surface area contributed by atoms with Gasteiger partial charge in [-0.15, -0.1) is 0 Å². The largest absolute Gasteiger partial charge is 0.362 e. The van der Waals surface area contributed by atoms with Crippen LogP contribution < -0.4 is 0 Å². The lowest BCUT2D eigenvalue weighted by atomic mass is 10.1. The highest BCUT2D eigenvalue weighted by atomic mass is 79.9. The lowest BCUT2D eigenvalue weighted by Gasteiger charge is -2.15. The summed E-state index contributed by atoms with van der Waals surface area (Å²) in [4.78, 5) is 0. The van der Waals surface area contributed by atoms with E-state index in [0.29, 0.717) is 11.4 Å². The van der Waals surface area contributed by atoms with Crippen LogP contribution in [0.25, 0.3) is 0 Å². The van der Waals surface area contributed by atoms with E-state index in [0.717, 1.165) is 6.42 Å². The molecule has 0 saturated carbocycles. The van der Waals surface area contributed by atoms with Gasteiger partial charge in [0.1, 0.15) is 5.52 Å². The van der Waals surface area contributed by atoms with Crippen molar-refractivity contribution >= 4 is 15.9 Å². The molecule has 0 fully saturated rings. The maximum atomic E-state index is 5.66. The Hall–Kier alpha value is -0.340. The molecule has 1 aromatic rings. The molecule has 2 heteroatoms. The van der Waals surface area contributed by atoms with E-state index >= 15 is 0 Å². The zero-order valence-electron chi connectivity index (χ0n) is 7.66. The smallest absolute Gasteiger partial charge is 0.102 e. The van der Waals surface area contributed by atoms with Gasteiger partial charge in [0.15, 0.2) is 0 Å². The van der Waals surface area contributed by atoms with Crippen molar-refractivity contribution in [3.05, 3.63) is 35.4 Å². The van der Waals surface area contributed by atoms with Crippen molar-refractivity contribution in [3.63, 3.8) is 0 Å². The first-order valence-corrected chi connectivity index (χ1v) is 5.70. The normalized spacial score (nSPS) is 26.0. The SMILES string of the molecule is CC1Cc2ccccc2C1OCBr. The van der Waals surface area contributed by atoms with E-state index in [4.69, 9.17) is 4.74 Å². The molecule has 2 atom stereocenters. The molecule has 0 bridgehead atoms. The van der Waals surface area contributed by atoms with Crippen LogP contribution in [0.15, 0.2) is 24.3 Å². The van der Waals surface area contributed by atoms with Gasteiger partial charge in [0.25, 0.3) is 0 Å². The summed E-state index contributed by atoms with van der Waals surface area (Å²) in [5.41, 5.74) is 3.44. The molecular formula is C11H13BrO. The number of hydrogen-bond acceptors (Lipinski definition) is 1. The van der Waals surface area contributed by atoms with Crippen LogP contribution in [-0.2, 0) is 11.2 Å². The van der Waals surface area contributed by atoms with Gasteiger partial charge in [-0.1, -0.05) is 47.1 Å². The summed E-state index contributed by atoms with van der Waals surface area (Å²) in [5.74, 6) is 0.606. The fourth-order valence-electron chi connectivity index (χ4n) is 2.08. The van der Waals surface area contributed by atoms with Gasteiger partial charge in [0.05, 0.1) is 6.10 Å². The van der Waals surface area contributed by atoms with Gasteiger partial charge in [0.2, 0.25) is 0 Å². The first kappa shape index (κ1) is 9.22. The van der Waals surface area contributed by atoms with E-state index < -0.39 is 0 Å². The quantitative estimate of drug-likeness (QED) is 0.722. The zero-order valence-corrected chi connectivity index (χ0v) is 9.25. The summed E-state index contributed by atoms with van der Waals surface area (Å²) in [6.07, 6.45) is 1.43. The van der Waals surface area contributed by atoms with E-state index in [1.807, 2.05) is 0 Å². The van der Waals surface area contributed by atoms with Crippen molar-refractivity contribution in [3.8, 4) is 0 Å². The van der Waals surface area contributed by atoms with Gasteiger partial charge < -0.3 is 4.74 Å². The molecule has 0 amide bonds. The minimum Gasteiger partial charge on any atom is -0.362 e. The molecule has 2 rings (SSSR count). The number of hydrogen-bond donors (Lipinski definition) is 0. The van der Waals surface area contributed by atoms with E-state index in [9.17, 15) is 0 Å². The van der Waals surface area contributed by atoms with Crippen molar-refractivity contribution in [2.45, 2.75) is 19.4 Å². The number of benzene rings is 1. The van der Waals surface area contributed by atoms with Gasteiger partial charge in [-0.2, -0.15) is 0 Å². The van der Waals surface area contributed by atoms with Crippen LogP contribution in [0.2, 0.25) is 0 Å². The summed E-state index contributed by atoms with van der Waals surface area (Å²) < 4.78 is 5.66. The summed E-state index contributed by atoms with van der Waals surface area (Å²) in [5, 5.41) is 0. The van der Waals surface area contributed by atoms with Crippen molar-refractivity contribution in [1.82, 2.24) is 0 Å². The van der Waals surface area contributed by atoms with Gasteiger partial charge in [-0.25, -0.2) is 0 Å². The Morgan fingerprint density at radius 3 is 3.00 bits per heavy atom. The number of ether oxygens (including phenoxy) is 1. The highest BCUT2D eigenvalue weighted by molar-refractivity contribution is 9.09. The van der Waals surface area contributed by atoms with E-state index in [1.54, 1.807) is 0 Å². The van der Waals surface area contributed by atoms with Crippen LogP contribution >= 0.6 is 15.9 Å². The molecule has 0 aromatic heterocycles. The maximum absolute atomic E-state index is 5.66. The fourth-order valence-corrected chi connectivity index (χ4v) is 2.36. The standard InChI is InChI=1S/C11H13BrO/c1-8-6-9-4-2-3-5-10(9)11(8)13-7-12/h2-5,8,11H,6-7H2,1H3. The molecule has 0 heterocycles. The Morgan fingerprint density at radius 2 is 2.23 bits per heavy atom. The topological polar surface area (TPSA) is 9.23 Å². The third-order valence-corrected chi connectivity index (χ3v) is 2.93. The number of fused-ring (bicyclic) bond motifs is 1. The van der Waals surface area contributed by atoms with Gasteiger partial charge in [-0.05, 0) is 23.5 Å². The summed E-state index contributed by atoms with van der Waals surface area (Å²) >= 11 is 3.32. The second-order valence-corrected chi connectivity index (χ2v) is 4.03. The van der Waals surface area contributed by atoms with Crippen LogP contribution in [0.5, 0.6) is 0 Å². The Labute approximate surface area is 87.2 Å².